The summed E-state index contributed by atoms with van der Waals surface area (Å²) in [5.74, 6) is -1.14. The third-order valence-corrected chi connectivity index (χ3v) is 4.02. The molecule has 0 heterocycles. The number of hydrogen-bond donors (Lipinski definition) is 2. The summed E-state index contributed by atoms with van der Waals surface area (Å²) < 4.78 is 5.42. The molecule has 1 aromatic rings. The molecule has 2 rings (SSSR count). The standard InChI is InChI=1S/C15H19NO4/c1-10-11(14(18)19)5-3-6-12(10)16-13(17)9-15(20-2)7-4-8-15/h3,5-6H,4,7-9H2,1-2H3,(H,16,17)(H,18,19). The van der Waals surface area contributed by atoms with Crippen molar-refractivity contribution in [1.29, 1.82) is 0 Å². The minimum atomic E-state index is -0.994. The lowest BCUT2D eigenvalue weighted by molar-refractivity contribution is -0.129. The summed E-state index contributed by atoms with van der Waals surface area (Å²) in [6, 6.07) is 4.86. The number of carbonyl (C=O) groups excluding carboxylic acids is 1. The summed E-state index contributed by atoms with van der Waals surface area (Å²) in [7, 11) is 1.63. The smallest absolute Gasteiger partial charge is 0.336 e. The Hall–Kier alpha value is -1.88. The molecule has 20 heavy (non-hydrogen) atoms. The van der Waals surface area contributed by atoms with Crippen molar-refractivity contribution in [2.24, 2.45) is 0 Å². The van der Waals surface area contributed by atoms with E-state index in [1.807, 2.05) is 0 Å². The van der Waals surface area contributed by atoms with Gasteiger partial charge in [-0.1, -0.05) is 6.07 Å². The molecular weight excluding hydrogens is 258 g/mol. The van der Waals surface area contributed by atoms with Gasteiger partial charge in [-0.2, -0.15) is 0 Å². The highest BCUT2D eigenvalue weighted by Crippen LogP contribution is 2.38. The van der Waals surface area contributed by atoms with Gasteiger partial charge in [-0.05, 0) is 43.9 Å². The fourth-order valence-electron chi connectivity index (χ4n) is 2.51. The normalized spacial score (nSPS) is 16.3. The third-order valence-electron chi connectivity index (χ3n) is 4.02. The molecule has 0 aliphatic heterocycles. The number of hydrogen-bond acceptors (Lipinski definition) is 3. The Bertz CT molecular complexity index is 529. The Morgan fingerprint density at radius 3 is 2.60 bits per heavy atom. The van der Waals surface area contributed by atoms with E-state index in [1.54, 1.807) is 26.2 Å². The molecule has 1 aliphatic rings. The van der Waals surface area contributed by atoms with E-state index in [9.17, 15) is 9.59 Å². The Labute approximate surface area is 117 Å². The molecule has 5 heteroatoms. The quantitative estimate of drug-likeness (QED) is 0.867. The van der Waals surface area contributed by atoms with Crippen molar-refractivity contribution < 1.29 is 19.4 Å². The van der Waals surface area contributed by atoms with Crippen LogP contribution in [0.1, 0.15) is 41.6 Å². The molecule has 0 radical (unpaired) electrons. The van der Waals surface area contributed by atoms with Crippen LogP contribution in [0.25, 0.3) is 0 Å². The van der Waals surface area contributed by atoms with Crippen LogP contribution in [-0.4, -0.2) is 29.7 Å². The molecule has 0 spiro atoms. The lowest BCUT2D eigenvalue weighted by atomic mass is 9.77. The molecule has 1 aliphatic carbocycles. The van der Waals surface area contributed by atoms with Gasteiger partial charge in [0.25, 0.3) is 0 Å². The summed E-state index contributed by atoms with van der Waals surface area (Å²) in [4.78, 5) is 23.1. The first-order chi connectivity index (χ1) is 9.47. The Morgan fingerprint density at radius 2 is 2.10 bits per heavy atom. The van der Waals surface area contributed by atoms with Crippen molar-refractivity contribution in [3.63, 3.8) is 0 Å². The number of carbonyl (C=O) groups is 2. The second-order valence-electron chi connectivity index (χ2n) is 5.25. The second kappa shape index (κ2) is 5.63. The summed E-state index contributed by atoms with van der Waals surface area (Å²) in [5, 5.41) is 11.8. The summed E-state index contributed by atoms with van der Waals surface area (Å²) in [5.41, 5.74) is 0.976. The summed E-state index contributed by atoms with van der Waals surface area (Å²) in [6.45, 7) is 1.69. The zero-order valence-electron chi connectivity index (χ0n) is 11.7. The first-order valence-corrected chi connectivity index (χ1v) is 6.65. The third kappa shape index (κ3) is 2.82. The fourth-order valence-corrected chi connectivity index (χ4v) is 2.51. The van der Waals surface area contributed by atoms with Gasteiger partial charge in [-0.25, -0.2) is 4.79 Å². The number of carboxylic acid groups (broad SMARTS) is 1. The Balaban J connectivity index is 2.08. The molecule has 0 unspecified atom stereocenters. The molecule has 1 saturated carbocycles. The summed E-state index contributed by atoms with van der Waals surface area (Å²) >= 11 is 0. The van der Waals surface area contributed by atoms with Crippen LogP contribution in [0.3, 0.4) is 0 Å². The fraction of sp³-hybridized carbons (Fsp3) is 0.467. The first kappa shape index (κ1) is 14.5. The van der Waals surface area contributed by atoms with E-state index >= 15 is 0 Å². The lowest BCUT2D eigenvalue weighted by Gasteiger charge is -2.39. The van der Waals surface area contributed by atoms with Crippen molar-refractivity contribution in [2.75, 3.05) is 12.4 Å². The van der Waals surface area contributed by atoms with Crippen molar-refractivity contribution >= 4 is 17.6 Å². The lowest BCUT2D eigenvalue weighted by Crippen LogP contribution is -2.42. The van der Waals surface area contributed by atoms with Crippen LogP contribution in [0.4, 0.5) is 5.69 Å². The average Bonchev–Trinajstić information content (AvgIpc) is 2.36. The van der Waals surface area contributed by atoms with Crippen LogP contribution in [0.2, 0.25) is 0 Å². The second-order valence-corrected chi connectivity index (χ2v) is 5.25. The van der Waals surface area contributed by atoms with Crippen LogP contribution < -0.4 is 5.32 Å². The van der Waals surface area contributed by atoms with E-state index in [0.717, 1.165) is 19.3 Å². The molecule has 108 valence electrons. The topological polar surface area (TPSA) is 75.6 Å². The van der Waals surface area contributed by atoms with Gasteiger partial charge >= 0.3 is 5.97 Å². The predicted molar refractivity (Wildman–Crippen MR) is 75.0 cm³/mol. The van der Waals surface area contributed by atoms with Gasteiger partial charge in [-0.15, -0.1) is 0 Å². The molecule has 5 nitrogen and oxygen atoms in total. The molecule has 0 bridgehead atoms. The number of amides is 1. The number of carboxylic acids is 1. The highest BCUT2D eigenvalue weighted by atomic mass is 16.5. The van der Waals surface area contributed by atoms with Crippen molar-refractivity contribution in [2.45, 2.75) is 38.2 Å². The average molecular weight is 277 g/mol. The minimum absolute atomic E-state index is 0.141. The monoisotopic (exact) mass is 277 g/mol. The molecule has 0 saturated heterocycles. The van der Waals surface area contributed by atoms with Gasteiger partial charge in [0, 0.05) is 12.8 Å². The zero-order chi connectivity index (χ0) is 14.8. The van der Waals surface area contributed by atoms with Gasteiger partial charge in [0.15, 0.2) is 0 Å². The van der Waals surface area contributed by atoms with E-state index in [-0.39, 0.29) is 17.1 Å². The van der Waals surface area contributed by atoms with E-state index in [1.165, 1.54) is 6.07 Å². The van der Waals surface area contributed by atoms with Crippen LogP contribution >= 0.6 is 0 Å². The maximum absolute atomic E-state index is 12.1. The van der Waals surface area contributed by atoms with Gasteiger partial charge in [-0.3, -0.25) is 4.79 Å². The largest absolute Gasteiger partial charge is 0.478 e. The van der Waals surface area contributed by atoms with Gasteiger partial charge in [0.2, 0.25) is 5.91 Å². The van der Waals surface area contributed by atoms with Gasteiger partial charge in [0.05, 0.1) is 17.6 Å². The summed E-state index contributed by atoms with van der Waals surface area (Å²) in [6.07, 6.45) is 3.17. The molecular formula is C15H19NO4. The number of methoxy groups -OCH3 is 1. The number of benzene rings is 1. The number of rotatable bonds is 5. The molecule has 1 fully saturated rings. The Morgan fingerprint density at radius 1 is 1.40 bits per heavy atom. The number of aromatic carboxylic acids is 1. The highest BCUT2D eigenvalue weighted by molar-refractivity contribution is 5.96. The molecule has 1 amide bonds. The van der Waals surface area contributed by atoms with Crippen LogP contribution in [0.15, 0.2) is 18.2 Å². The SMILES string of the molecule is COC1(CC(=O)Nc2cccc(C(=O)O)c2C)CCC1. The number of ether oxygens (including phenoxy) is 1. The van der Waals surface area contributed by atoms with Crippen LogP contribution in [0.5, 0.6) is 0 Å². The maximum Gasteiger partial charge on any atom is 0.336 e. The zero-order valence-corrected chi connectivity index (χ0v) is 11.7. The highest BCUT2D eigenvalue weighted by Gasteiger charge is 2.39. The molecule has 1 aromatic carbocycles. The van der Waals surface area contributed by atoms with Crippen LogP contribution in [-0.2, 0) is 9.53 Å². The van der Waals surface area contributed by atoms with Gasteiger partial charge in [0.1, 0.15) is 0 Å². The maximum atomic E-state index is 12.1. The van der Waals surface area contributed by atoms with E-state index in [2.05, 4.69) is 5.32 Å². The minimum Gasteiger partial charge on any atom is -0.478 e. The Kier molecular flexibility index (Phi) is 4.09. The molecule has 0 aromatic heterocycles. The van der Waals surface area contributed by atoms with Crippen molar-refractivity contribution in [3.05, 3.63) is 29.3 Å². The van der Waals surface area contributed by atoms with Gasteiger partial charge < -0.3 is 15.2 Å². The molecule has 0 atom stereocenters. The number of anilines is 1. The van der Waals surface area contributed by atoms with E-state index in [0.29, 0.717) is 17.7 Å². The first-order valence-electron chi connectivity index (χ1n) is 6.65. The van der Waals surface area contributed by atoms with E-state index < -0.39 is 5.97 Å². The molecule has 2 N–H and O–H groups in total. The van der Waals surface area contributed by atoms with Crippen LogP contribution in [0, 0.1) is 6.92 Å². The van der Waals surface area contributed by atoms with E-state index in [4.69, 9.17) is 9.84 Å². The predicted octanol–water partition coefficient (Wildman–Crippen LogP) is 2.59. The van der Waals surface area contributed by atoms with Crippen molar-refractivity contribution in [3.8, 4) is 0 Å². The van der Waals surface area contributed by atoms with Crippen molar-refractivity contribution in [1.82, 2.24) is 0 Å². The number of nitrogens with one attached hydrogen (secondary N) is 1.